The Hall–Kier alpha value is -2.26. The van der Waals surface area contributed by atoms with E-state index in [0.29, 0.717) is 24.7 Å². The molecule has 0 radical (unpaired) electrons. The summed E-state index contributed by atoms with van der Waals surface area (Å²) in [6, 6.07) is 0. The molecule has 0 bridgehead atoms. The fraction of sp³-hybridized carbons (Fsp3) is 0.643. The fourth-order valence-electron chi connectivity index (χ4n) is 2.75. The van der Waals surface area contributed by atoms with Crippen LogP contribution in [0.25, 0.3) is 0 Å². The van der Waals surface area contributed by atoms with E-state index < -0.39 is 12.1 Å². The normalized spacial score (nSPS) is 17.7. The summed E-state index contributed by atoms with van der Waals surface area (Å²) < 4.78 is 40.9. The van der Waals surface area contributed by atoms with Crippen molar-refractivity contribution in [2.75, 3.05) is 11.9 Å². The fourth-order valence-corrected chi connectivity index (χ4v) is 2.75. The predicted octanol–water partition coefficient (Wildman–Crippen LogP) is 2.16. The van der Waals surface area contributed by atoms with Crippen LogP contribution in [-0.2, 0) is 13.1 Å². The quantitative estimate of drug-likeness (QED) is 0.852. The molecular formula is C14H18F3N7. The van der Waals surface area contributed by atoms with Gasteiger partial charge in [-0.25, -0.2) is 4.98 Å². The summed E-state index contributed by atoms with van der Waals surface area (Å²) in [5, 5.41) is 15.8. The number of halogens is 3. The average Bonchev–Trinajstić information content (AvgIpc) is 2.92. The maximum Gasteiger partial charge on any atom is 0.398 e. The highest BCUT2D eigenvalue weighted by Gasteiger charge is 2.45. The van der Waals surface area contributed by atoms with Gasteiger partial charge in [0.2, 0.25) is 5.95 Å². The van der Waals surface area contributed by atoms with Crippen LogP contribution in [0.2, 0.25) is 0 Å². The van der Waals surface area contributed by atoms with E-state index in [4.69, 9.17) is 0 Å². The molecule has 130 valence electrons. The van der Waals surface area contributed by atoms with Gasteiger partial charge in [-0.15, -0.1) is 15.3 Å². The second-order valence-electron chi connectivity index (χ2n) is 6.00. The topological polar surface area (TPSA) is 72.6 Å². The Bertz CT molecular complexity index is 740. The third-order valence-electron chi connectivity index (χ3n) is 4.24. The molecule has 0 saturated carbocycles. The summed E-state index contributed by atoms with van der Waals surface area (Å²) in [5.74, 6) is -0.671. The molecule has 0 aromatic carbocycles. The molecular weight excluding hydrogens is 323 g/mol. The Morgan fingerprint density at radius 2 is 1.88 bits per heavy atom. The summed E-state index contributed by atoms with van der Waals surface area (Å²) in [7, 11) is 1.75. The van der Waals surface area contributed by atoms with Gasteiger partial charge in [-0.1, -0.05) is 0 Å². The van der Waals surface area contributed by atoms with Gasteiger partial charge < -0.3 is 9.47 Å². The number of aromatic nitrogens is 6. The molecule has 0 amide bonds. The van der Waals surface area contributed by atoms with E-state index in [1.807, 2.05) is 13.8 Å². The number of rotatable bonds is 3. The second-order valence-corrected chi connectivity index (χ2v) is 6.00. The lowest BCUT2D eigenvalue weighted by Crippen LogP contribution is -2.30. The lowest BCUT2D eigenvalue weighted by molar-refractivity contribution is -0.156. The van der Waals surface area contributed by atoms with Gasteiger partial charge in [-0.2, -0.15) is 18.3 Å². The highest BCUT2D eigenvalue weighted by Crippen LogP contribution is 2.40. The van der Waals surface area contributed by atoms with E-state index in [9.17, 15) is 13.2 Å². The number of fused-ring (bicyclic) bond motifs is 1. The van der Waals surface area contributed by atoms with E-state index in [-0.39, 0.29) is 18.8 Å². The Morgan fingerprint density at radius 3 is 2.54 bits per heavy atom. The summed E-state index contributed by atoms with van der Waals surface area (Å²) in [6.07, 6.45) is -3.79. The molecule has 3 rings (SSSR count). The van der Waals surface area contributed by atoms with Crippen molar-refractivity contribution in [2.24, 2.45) is 0 Å². The summed E-state index contributed by atoms with van der Waals surface area (Å²) in [6.45, 7) is 4.39. The Morgan fingerprint density at radius 1 is 1.12 bits per heavy atom. The van der Waals surface area contributed by atoms with Crippen molar-refractivity contribution in [3.63, 3.8) is 0 Å². The zero-order valence-electron chi connectivity index (χ0n) is 13.7. The van der Waals surface area contributed by atoms with E-state index >= 15 is 0 Å². The minimum absolute atomic E-state index is 0.00344. The van der Waals surface area contributed by atoms with Gasteiger partial charge in [0.1, 0.15) is 11.7 Å². The number of anilines is 1. The summed E-state index contributed by atoms with van der Waals surface area (Å²) in [4.78, 5) is 6.04. The van der Waals surface area contributed by atoms with Gasteiger partial charge in [-0.3, -0.25) is 0 Å². The van der Waals surface area contributed by atoms with Crippen LogP contribution >= 0.6 is 0 Å². The van der Waals surface area contributed by atoms with Crippen LogP contribution in [0.5, 0.6) is 0 Å². The molecule has 1 atom stereocenters. The molecule has 2 aromatic heterocycles. The number of hydrogen-bond acceptors (Lipinski definition) is 6. The van der Waals surface area contributed by atoms with Crippen LogP contribution in [0.15, 0.2) is 0 Å². The van der Waals surface area contributed by atoms with Crippen LogP contribution in [-0.4, -0.2) is 43.2 Å². The van der Waals surface area contributed by atoms with Crippen LogP contribution in [0.4, 0.5) is 19.1 Å². The second kappa shape index (κ2) is 5.99. The van der Waals surface area contributed by atoms with Crippen molar-refractivity contribution in [2.45, 2.75) is 51.9 Å². The number of alkyl halides is 3. The third-order valence-corrected chi connectivity index (χ3v) is 4.24. The van der Waals surface area contributed by atoms with E-state index in [0.717, 1.165) is 11.4 Å². The Balaban J connectivity index is 1.84. The van der Waals surface area contributed by atoms with Crippen LogP contribution in [0.1, 0.15) is 41.8 Å². The highest BCUT2D eigenvalue weighted by molar-refractivity contribution is 5.29. The van der Waals surface area contributed by atoms with Crippen molar-refractivity contribution in [3.05, 3.63) is 23.0 Å². The lowest BCUT2D eigenvalue weighted by atomic mass is 9.98. The number of nitrogens with zero attached hydrogens (tertiary/aromatic N) is 7. The largest absolute Gasteiger partial charge is 0.398 e. The van der Waals surface area contributed by atoms with E-state index in [1.165, 1.54) is 0 Å². The van der Waals surface area contributed by atoms with Gasteiger partial charge in [0, 0.05) is 13.6 Å². The maximum absolute atomic E-state index is 13.1. The molecule has 7 nitrogen and oxygen atoms in total. The molecule has 0 fully saturated rings. The molecule has 0 saturated heterocycles. The van der Waals surface area contributed by atoms with Crippen molar-refractivity contribution in [3.8, 4) is 0 Å². The van der Waals surface area contributed by atoms with Gasteiger partial charge >= 0.3 is 6.18 Å². The zero-order chi connectivity index (χ0) is 17.5. The molecule has 0 aliphatic carbocycles. The Kier molecular flexibility index (Phi) is 4.14. The highest BCUT2D eigenvalue weighted by atomic mass is 19.4. The predicted molar refractivity (Wildman–Crippen MR) is 79.5 cm³/mol. The van der Waals surface area contributed by atoms with Gasteiger partial charge in [0.15, 0.2) is 5.82 Å². The van der Waals surface area contributed by atoms with E-state index in [2.05, 4.69) is 25.4 Å². The third kappa shape index (κ3) is 3.04. The first kappa shape index (κ1) is 16.6. The molecule has 24 heavy (non-hydrogen) atoms. The number of hydrogen-bond donors (Lipinski definition) is 0. The van der Waals surface area contributed by atoms with Gasteiger partial charge in [-0.05, 0) is 26.7 Å². The molecule has 2 aromatic rings. The summed E-state index contributed by atoms with van der Waals surface area (Å²) >= 11 is 0. The van der Waals surface area contributed by atoms with Crippen molar-refractivity contribution in [1.82, 2.24) is 29.9 Å². The van der Waals surface area contributed by atoms with Crippen LogP contribution < -0.4 is 4.90 Å². The smallest absolute Gasteiger partial charge is 0.335 e. The molecule has 1 aliphatic rings. The first-order chi connectivity index (χ1) is 11.3. The van der Waals surface area contributed by atoms with Gasteiger partial charge in [0.05, 0.1) is 17.9 Å². The molecule has 0 N–H and O–H groups in total. The van der Waals surface area contributed by atoms with Gasteiger partial charge in [0.25, 0.3) is 0 Å². The van der Waals surface area contributed by atoms with Crippen molar-refractivity contribution < 1.29 is 13.2 Å². The molecule has 1 unspecified atom stereocenters. The first-order valence-corrected chi connectivity index (χ1v) is 7.65. The SMILES string of the molecule is Cc1nnc(N(C)Cc2nnc3n2CCCC3C(F)(F)F)nc1C. The van der Waals surface area contributed by atoms with E-state index in [1.54, 1.807) is 16.5 Å². The minimum atomic E-state index is -4.30. The standard InChI is InChI=1S/C14H18F3N7/c1-8-9(2)19-22-13(18-8)23(3)7-11-20-21-12-10(14(15,16)17)5-4-6-24(11)12/h10H,4-7H2,1-3H3. The van der Waals surface area contributed by atoms with Crippen molar-refractivity contribution >= 4 is 5.95 Å². The van der Waals surface area contributed by atoms with Crippen molar-refractivity contribution in [1.29, 1.82) is 0 Å². The summed E-state index contributed by atoms with van der Waals surface area (Å²) in [5.41, 5.74) is 1.49. The zero-order valence-corrected chi connectivity index (χ0v) is 13.7. The molecule has 3 heterocycles. The van der Waals surface area contributed by atoms with Crippen LogP contribution in [0, 0.1) is 13.8 Å². The molecule has 10 heteroatoms. The lowest BCUT2D eigenvalue weighted by Gasteiger charge is -2.26. The molecule has 0 spiro atoms. The number of aryl methyl sites for hydroxylation is 2. The maximum atomic E-state index is 13.1. The monoisotopic (exact) mass is 341 g/mol. The minimum Gasteiger partial charge on any atom is -0.335 e. The molecule has 1 aliphatic heterocycles. The first-order valence-electron chi connectivity index (χ1n) is 7.65. The average molecular weight is 341 g/mol. The Labute approximate surface area is 136 Å². The van der Waals surface area contributed by atoms with Crippen LogP contribution in [0.3, 0.4) is 0 Å².